The molecule has 19 heavy (non-hydrogen) atoms. The summed E-state index contributed by atoms with van der Waals surface area (Å²) in [6.07, 6.45) is 3.73. The van der Waals surface area contributed by atoms with Crippen LogP contribution in [0.15, 0.2) is 17.2 Å². The van der Waals surface area contributed by atoms with Crippen LogP contribution in [0, 0.1) is 13.8 Å². The number of H-pyrrole nitrogens is 1. The molecule has 0 radical (unpaired) electrons. The number of hydrogen-bond donors (Lipinski definition) is 1. The van der Waals surface area contributed by atoms with Gasteiger partial charge in [-0.1, -0.05) is 0 Å². The average molecular weight is 258 g/mol. The molecule has 0 aliphatic carbocycles. The number of fused-ring (bicyclic) bond motifs is 1. The molecule has 1 N–H and O–H groups in total. The second kappa shape index (κ2) is 4.04. The molecule has 0 amide bonds. The fourth-order valence-corrected chi connectivity index (χ4v) is 2.15. The molecule has 0 unspecified atom stereocenters. The lowest BCUT2D eigenvalue weighted by Crippen LogP contribution is -2.11. The Kier molecular flexibility index (Phi) is 2.48. The highest BCUT2D eigenvalue weighted by molar-refractivity contribution is 5.70. The van der Waals surface area contributed by atoms with Gasteiger partial charge in [-0.3, -0.25) is 9.48 Å². The second-order valence-corrected chi connectivity index (χ2v) is 4.59. The fourth-order valence-electron chi connectivity index (χ4n) is 2.15. The Balaban J connectivity index is 2.17. The summed E-state index contributed by atoms with van der Waals surface area (Å²) in [7, 11) is 1.87. The third-order valence-electron chi connectivity index (χ3n) is 3.01. The first kappa shape index (κ1) is 11.6. The third kappa shape index (κ3) is 1.92. The molecule has 3 aromatic heterocycles. The molecule has 7 heteroatoms. The van der Waals surface area contributed by atoms with E-state index >= 15 is 0 Å². The van der Waals surface area contributed by atoms with Crippen molar-refractivity contribution in [1.29, 1.82) is 0 Å². The molecule has 7 nitrogen and oxygen atoms in total. The fraction of sp³-hybridized carbons (Fsp3) is 0.333. The lowest BCUT2D eigenvalue weighted by Gasteiger charge is -2.04. The van der Waals surface area contributed by atoms with Crippen LogP contribution in [0.25, 0.3) is 11.2 Å². The summed E-state index contributed by atoms with van der Waals surface area (Å²) in [6.45, 7) is 4.23. The summed E-state index contributed by atoms with van der Waals surface area (Å²) >= 11 is 0. The van der Waals surface area contributed by atoms with E-state index in [0.717, 1.165) is 11.4 Å². The lowest BCUT2D eigenvalue weighted by molar-refractivity contribution is 0.757. The van der Waals surface area contributed by atoms with E-state index < -0.39 is 0 Å². The number of nitrogens with zero attached hydrogens (tertiary/aromatic N) is 5. The highest BCUT2D eigenvalue weighted by Gasteiger charge is 2.13. The molecule has 0 saturated carbocycles. The highest BCUT2D eigenvalue weighted by atomic mass is 16.1. The van der Waals surface area contributed by atoms with Crippen molar-refractivity contribution in [2.24, 2.45) is 7.05 Å². The first-order chi connectivity index (χ1) is 9.04. The second-order valence-electron chi connectivity index (χ2n) is 4.59. The van der Waals surface area contributed by atoms with Gasteiger partial charge in [0.05, 0.1) is 12.7 Å². The van der Waals surface area contributed by atoms with Crippen LogP contribution < -0.4 is 5.56 Å². The van der Waals surface area contributed by atoms with Crippen molar-refractivity contribution < 1.29 is 0 Å². The van der Waals surface area contributed by atoms with Crippen LogP contribution in [-0.4, -0.2) is 29.3 Å². The normalized spacial score (nSPS) is 11.3. The van der Waals surface area contributed by atoms with Gasteiger partial charge in [-0.15, -0.1) is 0 Å². The minimum atomic E-state index is -0.199. The summed E-state index contributed by atoms with van der Waals surface area (Å²) in [5.74, 6) is 1.35. The molecule has 3 rings (SSSR count). The van der Waals surface area contributed by atoms with Crippen LogP contribution in [0.5, 0.6) is 0 Å². The number of aromatic amines is 1. The predicted octanol–water partition coefficient (Wildman–Crippen LogP) is 0.518. The van der Waals surface area contributed by atoms with Gasteiger partial charge in [0.1, 0.15) is 11.6 Å². The van der Waals surface area contributed by atoms with Crippen LogP contribution in [0.3, 0.4) is 0 Å². The minimum Gasteiger partial charge on any atom is -0.309 e. The Bertz CT molecular complexity index is 809. The number of nitrogens with one attached hydrogen (secondary N) is 1. The maximum absolute atomic E-state index is 11.8. The van der Waals surface area contributed by atoms with Crippen LogP contribution in [0.4, 0.5) is 0 Å². The Morgan fingerprint density at radius 1 is 1.32 bits per heavy atom. The third-order valence-corrected chi connectivity index (χ3v) is 3.01. The quantitative estimate of drug-likeness (QED) is 0.726. The Morgan fingerprint density at radius 3 is 2.79 bits per heavy atom. The monoisotopic (exact) mass is 258 g/mol. The molecule has 0 aliphatic heterocycles. The minimum absolute atomic E-state index is 0.199. The number of aromatic nitrogens is 6. The maximum atomic E-state index is 11.8. The van der Waals surface area contributed by atoms with Gasteiger partial charge in [-0.25, -0.2) is 9.97 Å². The van der Waals surface area contributed by atoms with E-state index in [1.165, 1.54) is 0 Å². The predicted molar refractivity (Wildman–Crippen MR) is 69.9 cm³/mol. The summed E-state index contributed by atoms with van der Waals surface area (Å²) in [6, 6.07) is 0. The Labute approximate surface area is 108 Å². The summed E-state index contributed by atoms with van der Waals surface area (Å²) in [4.78, 5) is 23.2. The van der Waals surface area contributed by atoms with Crippen LogP contribution in [0.2, 0.25) is 0 Å². The summed E-state index contributed by atoms with van der Waals surface area (Å²) < 4.78 is 3.67. The van der Waals surface area contributed by atoms with Gasteiger partial charge in [0.25, 0.3) is 5.56 Å². The van der Waals surface area contributed by atoms with Gasteiger partial charge in [0.2, 0.25) is 0 Å². The van der Waals surface area contributed by atoms with Gasteiger partial charge in [0, 0.05) is 18.8 Å². The Morgan fingerprint density at radius 2 is 2.11 bits per heavy atom. The van der Waals surface area contributed by atoms with E-state index in [1.807, 2.05) is 24.7 Å². The van der Waals surface area contributed by atoms with Gasteiger partial charge in [0.15, 0.2) is 11.2 Å². The number of rotatable bonds is 2. The molecular weight excluding hydrogens is 244 g/mol. The molecule has 0 bridgehead atoms. The molecule has 3 heterocycles. The van der Waals surface area contributed by atoms with E-state index in [-0.39, 0.29) is 5.56 Å². The van der Waals surface area contributed by atoms with E-state index in [0.29, 0.717) is 23.5 Å². The van der Waals surface area contributed by atoms with Crippen molar-refractivity contribution in [2.75, 3.05) is 0 Å². The topological polar surface area (TPSA) is 81.4 Å². The van der Waals surface area contributed by atoms with Crippen molar-refractivity contribution in [2.45, 2.75) is 20.4 Å². The van der Waals surface area contributed by atoms with Gasteiger partial charge >= 0.3 is 0 Å². The average Bonchev–Trinajstić information content (AvgIpc) is 2.87. The largest absolute Gasteiger partial charge is 0.309 e. The van der Waals surface area contributed by atoms with Gasteiger partial charge in [-0.05, 0) is 13.8 Å². The van der Waals surface area contributed by atoms with Crippen molar-refractivity contribution >= 4 is 11.2 Å². The van der Waals surface area contributed by atoms with Crippen LogP contribution in [0.1, 0.15) is 17.2 Å². The molecule has 3 aromatic rings. The molecule has 0 aliphatic rings. The van der Waals surface area contributed by atoms with E-state index in [4.69, 9.17) is 0 Å². The first-order valence-electron chi connectivity index (χ1n) is 5.96. The number of imidazole rings is 1. The number of aryl methyl sites for hydroxylation is 3. The molecule has 0 spiro atoms. The zero-order valence-corrected chi connectivity index (χ0v) is 11.0. The highest BCUT2D eigenvalue weighted by Crippen LogP contribution is 2.12. The van der Waals surface area contributed by atoms with E-state index in [9.17, 15) is 4.79 Å². The molecule has 0 atom stereocenters. The Hall–Kier alpha value is -2.44. The molecule has 98 valence electrons. The van der Waals surface area contributed by atoms with Crippen molar-refractivity contribution in [3.63, 3.8) is 0 Å². The molecule has 0 fully saturated rings. The van der Waals surface area contributed by atoms with Crippen molar-refractivity contribution in [1.82, 2.24) is 29.3 Å². The summed E-state index contributed by atoms with van der Waals surface area (Å²) in [5.41, 5.74) is 1.84. The zero-order chi connectivity index (χ0) is 13.6. The lowest BCUT2D eigenvalue weighted by atomic mass is 10.3. The first-order valence-corrected chi connectivity index (χ1v) is 5.96. The SMILES string of the molecule is Cc1nc2c(nc(C)n2Cc2cnn(C)c2)c(=O)[nH]1. The van der Waals surface area contributed by atoms with Crippen molar-refractivity contribution in [3.05, 3.63) is 40.0 Å². The molecular formula is C12H14N6O. The molecule has 0 aromatic carbocycles. The van der Waals surface area contributed by atoms with Gasteiger partial charge < -0.3 is 9.55 Å². The number of hydrogen-bond acceptors (Lipinski definition) is 4. The summed E-state index contributed by atoms with van der Waals surface area (Å²) in [5, 5.41) is 4.14. The van der Waals surface area contributed by atoms with E-state index in [2.05, 4.69) is 20.1 Å². The zero-order valence-electron chi connectivity index (χ0n) is 11.0. The van der Waals surface area contributed by atoms with Crippen LogP contribution in [-0.2, 0) is 13.6 Å². The molecule has 0 saturated heterocycles. The standard InChI is InChI=1S/C12H14N6O/c1-7-14-11-10(12(19)15-7)16-8(2)18(11)6-9-4-13-17(3)5-9/h4-5H,6H2,1-3H3,(H,14,15,19). The van der Waals surface area contributed by atoms with Crippen LogP contribution >= 0.6 is 0 Å². The van der Waals surface area contributed by atoms with Crippen molar-refractivity contribution in [3.8, 4) is 0 Å². The maximum Gasteiger partial charge on any atom is 0.279 e. The van der Waals surface area contributed by atoms with E-state index in [1.54, 1.807) is 17.8 Å². The van der Waals surface area contributed by atoms with Gasteiger partial charge in [-0.2, -0.15) is 5.10 Å². The smallest absolute Gasteiger partial charge is 0.279 e.